The van der Waals surface area contributed by atoms with Gasteiger partial charge in [-0.3, -0.25) is 19.5 Å². The summed E-state index contributed by atoms with van der Waals surface area (Å²) in [4.78, 5) is 45.8. The predicted molar refractivity (Wildman–Crippen MR) is 164 cm³/mol. The Morgan fingerprint density at radius 1 is 1.12 bits per heavy atom. The maximum Gasteiger partial charge on any atom is 0.328 e. The number of thioether (sulfide) groups is 1. The summed E-state index contributed by atoms with van der Waals surface area (Å²) in [5.41, 5.74) is 1.83. The predicted octanol–water partition coefficient (Wildman–Crippen LogP) is 3.25. The zero-order chi connectivity index (χ0) is 29.0. The van der Waals surface area contributed by atoms with Gasteiger partial charge < -0.3 is 20.7 Å². The number of amides is 1. The van der Waals surface area contributed by atoms with Crippen molar-refractivity contribution >= 4 is 45.9 Å². The van der Waals surface area contributed by atoms with E-state index in [1.807, 2.05) is 47.6 Å². The summed E-state index contributed by atoms with van der Waals surface area (Å²) in [7, 11) is 1.32. The number of ketones is 1. The van der Waals surface area contributed by atoms with Gasteiger partial charge in [0.1, 0.15) is 6.04 Å². The maximum atomic E-state index is 13.9. The molecule has 3 atom stereocenters. The van der Waals surface area contributed by atoms with E-state index in [2.05, 4.69) is 39.1 Å². The third kappa shape index (κ3) is 8.51. The van der Waals surface area contributed by atoms with Crippen molar-refractivity contribution in [3.63, 3.8) is 0 Å². The number of esters is 1. The molecule has 9 nitrogen and oxygen atoms in total. The summed E-state index contributed by atoms with van der Waals surface area (Å²) in [5, 5.41) is 11.8. The van der Waals surface area contributed by atoms with Crippen molar-refractivity contribution < 1.29 is 19.1 Å². The summed E-state index contributed by atoms with van der Waals surface area (Å²) < 4.78 is 4.95. The summed E-state index contributed by atoms with van der Waals surface area (Å²) in [5.74, 6) is -0.103. The highest BCUT2D eigenvalue weighted by Crippen LogP contribution is 2.24. The number of methoxy groups -OCH3 is 1. The van der Waals surface area contributed by atoms with Crippen LogP contribution < -0.4 is 16.0 Å². The first-order chi connectivity index (χ1) is 20.0. The monoisotopic (exact) mass is 577 g/mol. The largest absolute Gasteiger partial charge is 0.467 e. The number of hydrogen-bond donors (Lipinski definition) is 3. The van der Waals surface area contributed by atoms with Gasteiger partial charge in [0.2, 0.25) is 5.91 Å². The molecular weight excluding hydrogens is 538 g/mol. The van der Waals surface area contributed by atoms with E-state index < -0.39 is 18.1 Å². The lowest BCUT2D eigenvalue weighted by atomic mass is 9.97. The minimum Gasteiger partial charge on any atom is -0.467 e. The zero-order valence-corrected chi connectivity index (χ0v) is 24.5. The van der Waals surface area contributed by atoms with Gasteiger partial charge >= 0.3 is 5.97 Å². The van der Waals surface area contributed by atoms with Crippen LogP contribution in [0.2, 0.25) is 0 Å². The second-order valence-electron chi connectivity index (χ2n) is 10.2. The van der Waals surface area contributed by atoms with Crippen LogP contribution in [0.25, 0.3) is 10.8 Å². The van der Waals surface area contributed by atoms with Crippen LogP contribution in [-0.4, -0.2) is 84.4 Å². The molecule has 1 fully saturated rings. The van der Waals surface area contributed by atoms with Crippen LogP contribution in [0, 0.1) is 0 Å². The van der Waals surface area contributed by atoms with Crippen LogP contribution in [0.5, 0.6) is 0 Å². The fourth-order valence-electron chi connectivity index (χ4n) is 5.38. The molecule has 218 valence electrons. The van der Waals surface area contributed by atoms with Crippen molar-refractivity contribution in [2.75, 3.05) is 44.1 Å². The molecule has 0 saturated carbocycles. The Labute approximate surface area is 245 Å². The Balaban J connectivity index is 1.63. The Morgan fingerprint density at radius 3 is 2.63 bits per heavy atom. The van der Waals surface area contributed by atoms with E-state index in [0.717, 1.165) is 41.4 Å². The van der Waals surface area contributed by atoms with Crippen molar-refractivity contribution in [1.82, 2.24) is 20.5 Å². The van der Waals surface area contributed by atoms with Gasteiger partial charge in [0.25, 0.3) is 0 Å². The smallest absolute Gasteiger partial charge is 0.328 e. The van der Waals surface area contributed by atoms with E-state index >= 15 is 0 Å². The molecule has 0 aliphatic carbocycles. The zero-order valence-electron chi connectivity index (χ0n) is 23.7. The van der Waals surface area contributed by atoms with E-state index in [1.54, 1.807) is 24.2 Å². The van der Waals surface area contributed by atoms with Crippen molar-refractivity contribution in [1.29, 1.82) is 0 Å². The highest BCUT2D eigenvalue weighted by atomic mass is 32.2. The quantitative estimate of drug-likeness (QED) is 0.234. The molecule has 0 radical (unpaired) electrons. The normalized spacial score (nSPS) is 16.3. The Bertz CT molecular complexity index is 1300. The number of fused-ring (bicyclic) bond motifs is 1. The summed E-state index contributed by atoms with van der Waals surface area (Å²) in [6.07, 6.45) is 7.55. The minimum atomic E-state index is -0.744. The maximum absolute atomic E-state index is 13.9. The van der Waals surface area contributed by atoms with E-state index in [9.17, 15) is 14.4 Å². The number of nitrogens with one attached hydrogen (secondary N) is 3. The molecule has 4 rings (SSSR count). The number of aromatic nitrogens is 1. The first kappa shape index (κ1) is 30.5. The Hall–Kier alpha value is -3.47. The molecule has 1 unspecified atom stereocenters. The highest BCUT2D eigenvalue weighted by Gasteiger charge is 2.36. The van der Waals surface area contributed by atoms with Crippen molar-refractivity contribution in [2.45, 2.75) is 43.9 Å². The summed E-state index contributed by atoms with van der Waals surface area (Å²) >= 11 is 1.60. The fourth-order valence-corrected chi connectivity index (χ4v) is 5.85. The average molecular weight is 578 g/mol. The number of hydrogen-bond acceptors (Lipinski definition) is 9. The fraction of sp³-hybridized carbons (Fsp3) is 0.419. The second kappa shape index (κ2) is 15.5. The Kier molecular flexibility index (Phi) is 11.5. The van der Waals surface area contributed by atoms with Gasteiger partial charge in [-0.05, 0) is 66.3 Å². The van der Waals surface area contributed by atoms with Gasteiger partial charge in [-0.15, -0.1) is 0 Å². The first-order valence-electron chi connectivity index (χ1n) is 14.0. The van der Waals surface area contributed by atoms with Crippen LogP contribution in [0.4, 0.5) is 5.69 Å². The van der Waals surface area contributed by atoms with E-state index in [0.29, 0.717) is 18.7 Å². The molecule has 10 heteroatoms. The number of benzene rings is 2. The third-order valence-corrected chi connectivity index (χ3v) is 8.03. The lowest BCUT2D eigenvalue weighted by Gasteiger charge is -2.35. The molecule has 1 aliphatic rings. The molecule has 0 bridgehead atoms. The molecule has 3 aromatic rings. The van der Waals surface area contributed by atoms with Gasteiger partial charge in [-0.2, -0.15) is 11.8 Å². The van der Waals surface area contributed by atoms with Gasteiger partial charge in [0, 0.05) is 30.7 Å². The lowest BCUT2D eigenvalue weighted by molar-refractivity contribution is -0.145. The van der Waals surface area contributed by atoms with E-state index in [-0.39, 0.29) is 30.8 Å². The van der Waals surface area contributed by atoms with Gasteiger partial charge in [-0.25, -0.2) is 4.79 Å². The molecule has 1 saturated heterocycles. The number of pyridine rings is 1. The van der Waals surface area contributed by atoms with Crippen molar-refractivity contribution in [3.05, 3.63) is 72.6 Å². The summed E-state index contributed by atoms with van der Waals surface area (Å²) in [6, 6.07) is 16.5. The molecule has 2 heterocycles. The van der Waals surface area contributed by atoms with Crippen LogP contribution in [0.1, 0.15) is 24.8 Å². The number of carbonyl (C=O) groups excluding carboxylic acids is 3. The standard InChI is InChI=1S/C31H39N5O4S/c1-40-31(39)27(14-18-41-2)35-29(38)21-36(20-23-9-5-8-22-7-3-4-10-25(22)23)30(26-11-6-15-33-26)28(37)19-34-24-12-16-32-17-13-24/h3-5,7-10,12-13,16-17,26-27,30,33H,6,11,14-15,18-21H2,1-2H3,(H,32,34)(H,35,38)/t26-,27-,30?/m0/s1. The van der Waals surface area contributed by atoms with Crippen molar-refractivity contribution in [3.8, 4) is 0 Å². The molecule has 1 amide bonds. The van der Waals surface area contributed by atoms with Crippen molar-refractivity contribution in [2.24, 2.45) is 0 Å². The number of rotatable bonds is 15. The molecule has 0 spiro atoms. The van der Waals surface area contributed by atoms with Crippen LogP contribution in [-0.2, 0) is 25.7 Å². The third-order valence-electron chi connectivity index (χ3n) is 7.38. The Morgan fingerprint density at radius 2 is 1.90 bits per heavy atom. The number of nitrogens with zero attached hydrogens (tertiary/aromatic N) is 2. The topological polar surface area (TPSA) is 113 Å². The van der Waals surface area contributed by atoms with E-state index in [4.69, 9.17) is 4.74 Å². The SMILES string of the molecule is COC(=O)[C@H](CCSC)NC(=O)CN(Cc1cccc2ccccc12)C(C(=O)CNc1ccncc1)[C@@H]1CCCN1. The molecule has 3 N–H and O–H groups in total. The molecule has 2 aromatic carbocycles. The molecule has 41 heavy (non-hydrogen) atoms. The highest BCUT2D eigenvalue weighted by molar-refractivity contribution is 7.98. The van der Waals surface area contributed by atoms with Crippen LogP contribution in [0.3, 0.4) is 0 Å². The molecule has 1 aromatic heterocycles. The van der Waals surface area contributed by atoms with E-state index in [1.165, 1.54) is 7.11 Å². The van der Waals surface area contributed by atoms with Gasteiger partial charge in [0.05, 0.1) is 26.2 Å². The second-order valence-corrected chi connectivity index (χ2v) is 11.2. The first-order valence-corrected chi connectivity index (χ1v) is 15.4. The van der Waals surface area contributed by atoms with Gasteiger partial charge in [-0.1, -0.05) is 42.5 Å². The summed E-state index contributed by atoms with van der Waals surface area (Å²) in [6.45, 7) is 1.28. The number of Topliss-reactive ketones (excluding diaryl/α,β-unsaturated/α-hetero) is 1. The molecule has 1 aliphatic heterocycles. The minimum absolute atomic E-state index is 0.0128. The van der Waals surface area contributed by atoms with Gasteiger partial charge in [0.15, 0.2) is 5.78 Å². The lowest BCUT2D eigenvalue weighted by Crippen LogP contribution is -2.56. The van der Waals surface area contributed by atoms with Crippen LogP contribution >= 0.6 is 11.8 Å². The number of carbonyl (C=O) groups is 3. The van der Waals surface area contributed by atoms with Crippen LogP contribution in [0.15, 0.2) is 67.0 Å². The number of ether oxygens (including phenoxy) is 1. The molecular formula is C31H39N5O4S. The average Bonchev–Trinajstić information content (AvgIpc) is 3.53. The number of anilines is 1.